The first kappa shape index (κ1) is 6.01. The molecule has 0 bridgehead atoms. The molecular formula is C6H7N2O. The third-order valence-corrected chi connectivity index (χ3v) is 1.01. The van der Waals surface area contributed by atoms with E-state index in [4.69, 9.17) is 0 Å². The number of hydrogen-bond donors (Lipinski definition) is 0. The topological polar surface area (TPSA) is 34.9 Å². The minimum Gasteiger partial charge on any atom is -0.293 e. The smallest absolute Gasteiger partial charge is 0.180 e. The highest BCUT2D eigenvalue weighted by atomic mass is 16.1. The van der Waals surface area contributed by atoms with Gasteiger partial charge < -0.3 is 0 Å². The molecule has 0 amide bonds. The standard InChI is InChI=1S/C6H7N2O/c1-5(9)6-3-4-8(2)7-6/h3H,1-2H3. The van der Waals surface area contributed by atoms with Crippen molar-refractivity contribution in [3.05, 3.63) is 18.0 Å². The molecule has 0 unspecified atom stereocenters. The van der Waals surface area contributed by atoms with Gasteiger partial charge in [-0.05, 0) is 6.07 Å². The Morgan fingerprint density at radius 3 is 2.78 bits per heavy atom. The van der Waals surface area contributed by atoms with E-state index in [2.05, 4.69) is 11.3 Å². The largest absolute Gasteiger partial charge is 0.293 e. The minimum atomic E-state index is -0.0214. The molecule has 3 heteroatoms. The molecule has 1 rings (SSSR count). The molecule has 9 heavy (non-hydrogen) atoms. The van der Waals surface area contributed by atoms with Crippen LogP contribution in [0, 0.1) is 6.20 Å². The molecule has 0 aliphatic carbocycles. The summed E-state index contributed by atoms with van der Waals surface area (Å²) in [6.45, 7) is 1.48. The van der Waals surface area contributed by atoms with Gasteiger partial charge in [-0.1, -0.05) is 0 Å². The molecule has 1 heterocycles. The SMILES string of the molecule is CC(=O)c1c[c]n(C)n1. The average Bonchev–Trinajstić information content (AvgIpc) is 2.14. The quantitative estimate of drug-likeness (QED) is 0.507. The minimum absolute atomic E-state index is 0.0214. The number of carbonyl (C=O) groups is 1. The molecule has 0 aliphatic heterocycles. The van der Waals surface area contributed by atoms with Crippen LogP contribution in [0.4, 0.5) is 0 Å². The van der Waals surface area contributed by atoms with Crippen molar-refractivity contribution >= 4 is 5.78 Å². The predicted molar refractivity (Wildman–Crippen MR) is 32.0 cm³/mol. The molecule has 0 N–H and O–H groups in total. The molecule has 0 atom stereocenters. The second kappa shape index (κ2) is 2.01. The number of Topliss-reactive ketones (excluding diaryl/α,β-unsaturated/α-hetero) is 1. The Morgan fingerprint density at radius 1 is 1.89 bits per heavy atom. The van der Waals surface area contributed by atoms with E-state index >= 15 is 0 Å². The van der Waals surface area contributed by atoms with Gasteiger partial charge in [0.1, 0.15) is 5.69 Å². The van der Waals surface area contributed by atoms with Crippen molar-refractivity contribution in [2.75, 3.05) is 0 Å². The molecule has 0 saturated heterocycles. The molecule has 0 saturated carbocycles. The molecular weight excluding hydrogens is 116 g/mol. The Balaban J connectivity index is 2.98. The van der Waals surface area contributed by atoms with E-state index in [1.807, 2.05) is 0 Å². The van der Waals surface area contributed by atoms with E-state index in [-0.39, 0.29) is 5.78 Å². The number of aryl methyl sites for hydroxylation is 1. The monoisotopic (exact) mass is 123 g/mol. The Bertz CT molecular complexity index is 227. The maximum atomic E-state index is 10.6. The van der Waals surface area contributed by atoms with Gasteiger partial charge in [0.15, 0.2) is 5.78 Å². The van der Waals surface area contributed by atoms with Gasteiger partial charge in [0.25, 0.3) is 0 Å². The summed E-state index contributed by atoms with van der Waals surface area (Å²) in [7, 11) is 1.73. The summed E-state index contributed by atoms with van der Waals surface area (Å²) in [4.78, 5) is 10.6. The van der Waals surface area contributed by atoms with Gasteiger partial charge in [-0.3, -0.25) is 9.48 Å². The second-order valence-electron chi connectivity index (χ2n) is 1.84. The molecule has 0 aromatic carbocycles. The highest BCUT2D eigenvalue weighted by Crippen LogP contribution is 1.92. The predicted octanol–water partition coefficient (Wildman–Crippen LogP) is 0.423. The van der Waals surface area contributed by atoms with E-state index in [1.54, 1.807) is 13.1 Å². The van der Waals surface area contributed by atoms with E-state index < -0.39 is 0 Å². The fourth-order valence-electron chi connectivity index (χ4n) is 0.546. The summed E-state index contributed by atoms with van der Waals surface area (Å²) in [5.74, 6) is -0.0214. The normalized spacial score (nSPS) is 9.56. The average molecular weight is 123 g/mol. The lowest BCUT2D eigenvalue weighted by atomic mass is 10.3. The van der Waals surface area contributed by atoms with Gasteiger partial charge in [0.2, 0.25) is 0 Å². The van der Waals surface area contributed by atoms with E-state index in [9.17, 15) is 4.79 Å². The molecule has 1 aromatic heterocycles. The molecule has 1 aromatic rings. The van der Waals surface area contributed by atoms with Gasteiger partial charge >= 0.3 is 0 Å². The maximum absolute atomic E-state index is 10.6. The van der Waals surface area contributed by atoms with Gasteiger partial charge in [-0.25, -0.2) is 0 Å². The second-order valence-corrected chi connectivity index (χ2v) is 1.84. The first-order chi connectivity index (χ1) is 4.20. The highest BCUT2D eigenvalue weighted by Gasteiger charge is 1.99. The Hall–Kier alpha value is -1.12. The van der Waals surface area contributed by atoms with Crippen LogP contribution in [0.1, 0.15) is 17.4 Å². The van der Waals surface area contributed by atoms with Crippen molar-refractivity contribution in [1.82, 2.24) is 9.78 Å². The van der Waals surface area contributed by atoms with E-state index in [0.717, 1.165) is 0 Å². The summed E-state index contributed by atoms with van der Waals surface area (Å²) >= 11 is 0. The Labute approximate surface area is 53.3 Å². The van der Waals surface area contributed by atoms with Crippen LogP contribution in [-0.2, 0) is 7.05 Å². The zero-order chi connectivity index (χ0) is 6.85. The fourth-order valence-corrected chi connectivity index (χ4v) is 0.546. The van der Waals surface area contributed by atoms with Gasteiger partial charge in [0, 0.05) is 14.0 Å². The van der Waals surface area contributed by atoms with Gasteiger partial charge in [-0.15, -0.1) is 0 Å². The maximum Gasteiger partial charge on any atom is 0.180 e. The summed E-state index contributed by atoms with van der Waals surface area (Å²) in [6.07, 6.45) is 2.73. The van der Waals surface area contributed by atoms with Crippen LogP contribution in [0.15, 0.2) is 6.07 Å². The van der Waals surface area contributed by atoms with Crippen LogP contribution in [-0.4, -0.2) is 15.6 Å². The molecule has 0 fully saturated rings. The van der Waals surface area contributed by atoms with Crippen LogP contribution < -0.4 is 0 Å². The lowest BCUT2D eigenvalue weighted by molar-refractivity contribution is 0.101. The highest BCUT2D eigenvalue weighted by molar-refractivity contribution is 5.91. The number of ketones is 1. The van der Waals surface area contributed by atoms with Crippen molar-refractivity contribution in [1.29, 1.82) is 0 Å². The van der Waals surface area contributed by atoms with Crippen LogP contribution in [0.3, 0.4) is 0 Å². The van der Waals surface area contributed by atoms with Crippen LogP contribution in [0.5, 0.6) is 0 Å². The first-order valence-electron chi connectivity index (χ1n) is 2.63. The number of nitrogens with zero attached hydrogens (tertiary/aromatic N) is 2. The van der Waals surface area contributed by atoms with Crippen LogP contribution >= 0.6 is 0 Å². The molecule has 1 radical (unpaired) electrons. The molecule has 47 valence electrons. The molecule has 0 aliphatic rings. The lowest BCUT2D eigenvalue weighted by Crippen LogP contribution is -1.95. The van der Waals surface area contributed by atoms with Crippen molar-refractivity contribution in [2.45, 2.75) is 6.92 Å². The molecule has 0 spiro atoms. The zero-order valence-electron chi connectivity index (χ0n) is 5.38. The number of aromatic nitrogens is 2. The summed E-state index contributed by atoms with van der Waals surface area (Å²) in [5.41, 5.74) is 0.470. The van der Waals surface area contributed by atoms with Crippen LogP contribution in [0.25, 0.3) is 0 Å². The van der Waals surface area contributed by atoms with Crippen molar-refractivity contribution < 1.29 is 4.79 Å². The third-order valence-electron chi connectivity index (χ3n) is 1.01. The summed E-state index contributed by atoms with van der Waals surface area (Å²) in [5, 5.41) is 3.82. The fraction of sp³-hybridized carbons (Fsp3) is 0.333. The molecule has 3 nitrogen and oxygen atoms in total. The Morgan fingerprint density at radius 2 is 2.56 bits per heavy atom. The van der Waals surface area contributed by atoms with Crippen molar-refractivity contribution in [2.24, 2.45) is 7.05 Å². The number of rotatable bonds is 1. The number of hydrogen-bond acceptors (Lipinski definition) is 2. The van der Waals surface area contributed by atoms with Crippen molar-refractivity contribution in [3.63, 3.8) is 0 Å². The first-order valence-corrected chi connectivity index (χ1v) is 2.63. The lowest BCUT2D eigenvalue weighted by Gasteiger charge is -1.83. The van der Waals surface area contributed by atoms with Gasteiger partial charge in [-0.2, -0.15) is 5.10 Å². The number of carbonyl (C=O) groups excluding carboxylic acids is 1. The zero-order valence-corrected chi connectivity index (χ0v) is 5.38. The van der Waals surface area contributed by atoms with E-state index in [1.165, 1.54) is 11.6 Å². The Kier molecular flexibility index (Phi) is 1.34. The van der Waals surface area contributed by atoms with Crippen molar-refractivity contribution in [3.8, 4) is 0 Å². The summed E-state index contributed by atoms with van der Waals surface area (Å²) in [6, 6.07) is 1.57. The third kappa shape index (κ3) is 1.16. The van der Waals surface area contributed by atoms with E-state index in [0.29, 0.717) is 5.69 Å². The van der Waals surface area contributed by atoms with Crippen LogP contribution in [0.2, 0.25) is 0 Å². The summed E-state index contributed by atoms with van der Waals surface area (Å²) < 4.78 is 1.48. The van der Waals surface area contributed by atoms with Gasteiger partial charge in [0.05, 0.1) is 6.20 Å².